The third kappa shape index (κ3) is 4.25. The maximum atomic E-state index is 12.4. The highest BCUT2D eigenvalue weighted by atomic mass is 16.5. The van der Waals surface area contributed by atoms with Gasteiger partial charge >= 0.3 is 5.97 Å². The Morgan fingerprint density at radius 1 is 1.04 bits per heavy atom. The van der Waals surface area contributed by atoms with Crippen LogP contribution in [0.25, 0.3) is 10.9 Å². The van der Waals surface area contributed by atoms with E-state index in [0.717, 1.165) is 22.9 Å². The number of fused-ring (bicyclic) bond motifs is 1. The molecule has 0 saturated heterocycles. The summed E-state index contributed by atoms with van der Waals surface area (Å²) in [7, 11) is 0. The molecule has 1 amide bonds. The normalized spacial score (nSPS) is 10.5. The molecule has 0 bridgehead atoms. The summed E-state index contributed by atoms with van der Waals surface area (Å²) in [5.41, 5.74) is 2.81. The average Bonchev–Trinajstić information content (AvgIpc) is 2.67. The summed E-state index contributed by atoms with van der Waals surface area (Å²) in [4.78, 5) is 28.5. The van der Waals surface area contributed by atoms with Gasteiger partial charge in [0.15, 0.2) is 0 Å². The van der Waals surface area contributed by atoms with Gasteiger partial charge < -0.3 is 10.1 Å². The van der Waals surface area contributed by atoms with Crippen LogP contribution in [-0.4, -0.2) is 23.5 Å². The number of pyridine rings is 1. The number of rotatable bonds is 6. The molecule has 3 aromatic rings. The fraction of sp³-hybridized carbons (Fsp3) is 0.190. The van der Waals surface area contributed by atoms with Gasteiger partial charge in [0, 0.05) is 17.3 Å². The number of nitrogens with zero attached hydrogens (tertiary/aromatic N) is 1. The van der Waals surface area contributed by atoms with E-state index in [1.807, 2.05) is 37.3 Å². The van der Waals surface area contributed by atoms with Gasteiger partial charge in [0.2, 0.25) is 5.91 Å². The SMILES string of the molecule is CCCOC(=O)c1ccc(NC(=O)Cc2cccc3cccnc23)cc1. The minimum atomic E-state index is -0.355. The number of hydrogen-bond donors (Lipinski definition) is 1. The summed E-state index contributed by atoms with van der Waals surface area (Å²) in [6.07, 6.45) is 2.73. The predicted octanol–water partition coefficient (Wildman–Crippen LogP) is 3.98. The molecule has 26 heavy (non-hydrogen) atoms. The van der Waals surface area contributed by atoms with Gasteiger partial charge in [-0.25, -0.2) is 4.79 Å². The lowest BCUT2D eigenvalue weighted by Gasteiger charge is -2.08. The maximum absolute atomic E-state index is 12.4. The minimum absolute atomic E-state index is 0.135. The first-order chi connectivity index (χ1) is 12.7. The summed E-state index contributed by atoms with van der Waals surface area (Å²) in [5.74, 6) is -0.490. The molecular weight excluding hydrogens is 328 g/mol. The summed E-state index contributed by atoms with van der Waals surface area (Å²) < 4.78 is 5.08. The molecule has 0 radical (unpaired) electrons. The number of esters is 1. The van der Waals surface area contributed by atoms with E-state index in [4.69, 9.17) is 4.74 Å². The Morgan fingerprint density at radius 2 is 1.81 bits per heavy atom. The second-order valence-corrected chi connectivity index (χ2v) is 5.93. The highest BCUT2D eigenvalue weighted by Crippen LogP contribution is 2.17. The van der Waals surface area contributed by atoms with E-state index in [9.17, 15) is 9.59 Å². The molecule has 5 heteroatoms. The highest BCUT2D eigenvalue weighted by molar-refractivity contribution is 5.96. The van der Waals surface area contributed by atoms with Gasteiger partial charge in [0.25, 0.3) is 0 Å². The lowest BCUT2D eigenvalue weighted by Crippen LogP contribution is -2.15. The first-order valence-electron chi connectivity index (χ1n) is 8.57. The molecule has 0 aliphatic rings. The Kier molecular flexibility index (Phi) is 5.59. The topological polar surface area (TPSA) is 68.3 Å². The number of nitrogens with one attached hydrogen (secondary N) is 1. The molecule has 0 saturated carbocycles. The average molecular weight is 348 g/mol. The Bertz CT molecular complexity index is 915. The smallest absolute Gasteiger partial charge is 0.338 e. The zero-order chi connectivity index (χ0) is 18.4. The maximum Gasteiger partial charge on any atom is 0.338 e. The molecule has 1 N–H and O–H groups in total. The van der Waals surface area contributed by atoms with Crippen molar-refractivity contribution in [2.45, 2.75) is 19.8 Å². The van der Waals surface area contributed by atoms with E-state index in [1.165, 1.54) is 0 Å². The molecule has 0 atom stereocenters. The first kappa shape index (κ1) is 17.6. The predicted molar refractivity (Wildman–Crippen MR) is 101 cm³/mol. The summed E-state index contributed by atoms with van der Waals surface area (Å²) in [6, 6.07) is 16.3. The van der Waals surface area contributed by atoms with Gasteiger partial charge in [-0.05, 0) is 42.3 Å². The summed E-state index contributed by atoms with van der Waals surface area (Å²) >= 11 is 0. The van der Waals surface area contributed by atoms with Gasteiger partial charge in [-0.2, -0.15) is 0 Å². The Morgan fingerprint density at radius 3 is 2.58 bits per heavy atom. The molecule has 132 valence electrons. The van der Waals surface area contributed by atoms with Gasteiger partial charge in [-0.1, -0.05) is 31.2 Å². The fourth-order valence-corrected chi connectivity index (χ4v) is 2.66. The highest BCUT2D eigenvalue weighted by Gasteiger charge is 2.10. The number of carbonyl (C=O) groups is 2. The second kappa shape index (κ2) is 8.25. The van der Waals surface area contributed by atoms with Gasteiger partial charge in [0.05, 0.1) is 24.1 Å². The monoisotopic (exact) mass is 348 g/mol. The van der Waals surface area contributed by atoms with Crippen LogP contribution in [0.15, 0.2) is 60.8 Å². The van der Waals surface area contributed by atoms with E-state index in [0.29, 0.717) is 17.9 Å². The van der Waals surface area contributed by atoms with Crippen molar-refractivity contribution in [3.05, 3.63) is 71.9 Å². The van der Waals surface area contributed by atoms with Crippen LogP contribution in [0.3, 0.4) is 0 Å². The molecule has 0 unspecified atom stereocenters. The third-order valence-electron chi connectivity index (χ3n) is 3.91. The van der Waals surface area contributed by atoms with E-state index >= 15 is 0 Å². The van der Waals surface area contributed by atoms with E-state index < -0.39 is 0 Å². The van der Waals surface area contributed by atoms with Crippen LogP contribution in [0.2, 0.25) is 0 Å². The number of benzene rings is 2. The van der Waals surface area contributed by atoms with Gasteiger partial charge in [-0.15, -0.1) is 0 Å². The molecule has 0 aliphatic carbocycles. The number of ether oxygens (including phenoxy) is 1. The van der Waals surface area contributed by atoms with Crippen molar-refractivity contribution in [3.63, 3.8) is 0 Å². The van der Waals surface area contributed by atoms with Gasteiger partial charge in [-0.3, -0.25) is 9.78 Å². The van der Waals surface area contributed by atoms with E-state index in [-0.39, 0.29) is 18.3 Å². The Balaban J connectivity index is 1.65. The largest absolute Gasteiger partial charge is 0.462 e. The third-order valence-corrected chi connectivity index (χ3v) is 3.91. The number of anilines is 1. The minimum Gasteiger partial charge on any atom is -0.462 e. The molecular formula is C21H20N2O3. The number of para-hydroxylation sites is 1. The molecule has 2 aromatic carbocycles. The quantitative estimate of drug-likeness (QED) is 0.684. The van der Waals surface area contributed by atoms with Crippen molar-refractivity contribution in [2.24, 2.45) is 0 Å². The number of aromatic nitrogens is 1. The molecule has 5 nitrogen and oxygen atoms in total. The van der Waals surface area contributed by atoms with E-state index in [2.05, 4.69) is 10.3 Å². The van der Waals surface area contributed by atoms with Crippen LogP contribution in [-0.2, 0) is 16.0 Å². The standard InChI is InChI=1S/C21H20N2O3/c1-2-13-26-21(25)16-8-10-18(11-9-16)23-19(24)14-17-6-3-5-15-7-4-12-22-20(15)17/h3-12H,2,13-14H2,1H3,(H,23,24). The van der Waals surface area contributed by atoms with Crippen molar-refractivity contribution >= 4 is 28.5 Å². The van der Waals surface area contributed by atoms with Crippen LogP contribution < -0.4 is 5.32 Å². The fourth-order valence-electron chi connectivity index (χ4n) is 2.66. The lowest BCUT2D eigenvalue weighted by atomic mass is 10.1. The van der Waals surface area contributed by atoms with Crippen molar-refractivity contribution in [1.29, 1.82) is 0 Å². The zero-order valence-corrected chi connectivity index (χ0v) is 14.6. The van der Waals surface area contributed by atoms with Crippen LogP contribution >= 0.6 is 0 Å². The molecule has 1 aromatic heterocycles. The van der Waals surface area contributed by atoms with Crippen molar-refractivity contribution < 1.29 is 14.3 Å². The summed E-state index contributed by atoms with van der Waals surface area (Å²) in [5, 5.41) is 3.85. The Hall–Kier alpha value is -3.21. The van der Waals surface area contributed by atoms with Crippen LogP contribution in [0.5, 0.6) is 0 Å². The van der Waals surface area contributed by atoms with Crippen molar-refractivity contribution in [3.8, 4) is 0 Å². The lowest BCUT2D eigenvalue weighted by molar-refractivity contribution is -0.115. The molecule has 3 rings (SSSR count). The van der Waals surface area contributed by atoms with Crippen molar-refractivity contribution in [1.82, 2.24) is 4.98 Å². The second-order valence-electron chi connectivity index (χ2n) is 5.93. The van der Waals surface area contributed by atoms with Crippen LogP contribution in [0.4, 0.5) is 5.69 Å². The molecule has 1 heterocycles. The van der Waals surface area contributed by atoms with Crippen LogP contribution in [0, 0.1) is 0 Å². The number of amides is 1. The van der Waals surface area contributed by atoms with E-state index in [1.54, 1.807) is 30.5 Å². The Labute approximate surface area is 152 Å². The van der Waals surface area contributed by atoms with Crippen LogP contribution in [0.1, 0.15) is 29.3 Å². The number of carbonyl (C=O) groups excluding carboxylic acids is 2. The molecule has 0 aliphatic heterocycles. The molecule has 0 spiro atoms. The number of hydrogen-bond acceptors (Lipinski definition) is 4. The summed E-state index contributed by atoms with van der Waals surface area (Å²) in [6.45, 7) is 2.34. The first-order valence-corrected chi connectivity index (χ1v) is 8.57. The van der Waals surface area contributed by atoms with Crippen molar-refractivity contribution in [2.75, 3.05) is 11.9 Å². The molecule has 0 fully saturated rings. The van der Waals surface area contributed by atoms with Gasteiger partial charge in [0.1, 0.15) is 0 Å². The zero-order valence-electron chi connectivity index (χ0n) is 14.6.